The normalized spacial score (nSPS) is 12.6. The Kier molecular flexibility index (Phi) is 5.47. The molecule has 1 aromatic heterocycles. The molecule has 0 atom stereocenters. The van der Waals surface area contributed by atoms with Crippen LogP contribution in [0.2, 0.25) is 0 Å². The van der Waals surface area contributed by atoms with Crippen LogP contribution in [-0.2, 0) is 13.1 Å². The number of halogens is 1. The van der Waals surface area contributed by atoms with E-state index in [1.165, 1.54) is 24.1 Å². The van der Waals surface area contributed by atoms with Crippen LogP contribution in [0.1, 0.15) is 21.6 Å². The number of anilines is 1. The van der Waals surface area contributed by atoms with Crippen molar-refractivity contribution in [1.29, 1.82) is 5.26 Å². The minimum Gasteiger partial charge on any atom is -0.497 e. The van der Waals surface area contributed by atoms with E-state index >= 15 is 0 Å². The molecule has 0 saturated carbocycles. The number of aromatic nitrogens is 2. The number of amides is 3. The zero-order valence-electron chi connectivity index (χ0n) is 17.1. The Hall–Kier alpha value is -4.39. The van der Waals surface area contributed by atoms with Crippen molar-refractivity contribution in [2.45, 2.75) is 13.1 Å². The van der Waals surface area contributed by atoms with Crippen LogP contribution in [0.3, 0.4) is 0 Å². The summed E-state index contributed by atoms with van der Waals surface area (Å²) in [7, 11) is 1.42. The first kappa shape index (κ1) is 20.9. The molecule has 0 fully saturated rings. The molecular formula is C22H19FN6O3. The van der Waals surface area contributed by atoms with Crippen molar-refractivity contribution in [2.75, 3.05) is 19.0 Å². The second-order valence-corrected chi connectivity index (χ2v) is 7.18. The maximum absolute atomic E-state index is 14.2. The molecule has 0 saturated heterocycles. The molecule has 3 N–H and O–H groups in total. The maximum atomic E-state index is 14.2. The van der Waals surface area contributed by atoms with Crippen LogP contribution in [0.5, 0.6) is 5.75 Å². The molecule has 2 aromatic carbocycles. The number of urea groups is 1. The van der Waals surface area contributed by atoms with Gasteiger partial charge < -0.3 is 20.7 Å². The molecule has 2 heterocycles. The first-order valence-electron chi connectivity index (χ1n) is 9.70. The molecular weight excluding hydrogens is 415 g/mol. The Bertz CT molecular complexity index is 1250. The van der Waals surface area contributed by atoms with Gasteiger partial charge in [0.2, 0.25) is 0 Å². The Labute approximate surface area is 182 Å². The quantitative estimate of drug-likeness (QED) is 0.653. The lowest BCUT2D eigenvalue weighted by molar-refractivity contribution is 0.102. The van der Waals surface area contributed by atoms with Crippen molar-refractivity contribution in [1.82, 2.24) is 14.7 Å². The van der Waals surface area contributed by atoms with Crippen LogP contribution in [-0.4, -0.2) is 40.3 Å². The lowest BCUT2D eigenvalue weighted by atomic mass is 10.0. The molecule has 0 radical (unpaired) electrons. The van der Waals surface area contributed by atoms with E-state index in [2.05, 4.69) is 10.4 Å². The van der Waals surface area contributed by atoms with Gasteiger partial charge in [-0.3, -0.25) is 9.48 Å². The van der Waals surface area contributed by atoms with Gasteiger partial charge in [0.15, 0.2) is 0 Å². The standard InChI is InChI=1S/C22H19FN6O3/c1-32-17-9-14(8-15(23)10-17)20-19(18-12-28(22(25)31)6-7-29(18)27-20)21(30)26-16-4-2-13(11-24)3-5-16/h2-5,8-10H,6-7,12H2,1H3,(H2,25,31)(H,26,30). The number of carbonyl (C=O) groups is 2. The van der Waals surface area contributed by atoms with E-state index in [1.54, 1.807) is 35.0 Å². The molecule has 10 heteroatoms. The highest BCUT2D eigenvalue weighted by molar-refractivity contribution is 6.09. The lowest BCUT2D eigenvalue weighted by Crippen LogP contribution is -2.42. The number of nitrogens with two attached hydrogens (primary N) is 1. The van der Waals surface area contributed by atoms with Gasteiger partial charge in [-0.25, -0.2) is 9.18 Å². The van der Waals surface area contributed by atoms with Gasteiger partial charge in [0.25, 0.3) is 5.91 Å². The van der Waals surface area contributed by atoms with Crippen molar-refractivity contribution in [3.63, 3.8) is 0 Å². The van der Waals surface area contributed by atoms with Crippen LogP contribution in [0, 0.1) is 17.1 Å². The third-order valence-electron chi connectivity index (χ3n) is 5.17. The Balaban J connectivity index is 1.80. The zero-order chi connectivity index (χ0) is 22.8. The van der Waals surface area contributed by atoms with E-state index in [1.807, 2.05) is 6.07 Å². The maximum Gasteiger partial charge on any atom is 0.315 e. The van der Waals surface area contributed by atoms with Gasteiger partial charge in [-0.1, -0.05) is 0 Å². The highest BCUT2D eigenvalue weighted by Crippen LogP contribution is 2.32. The van der Waals surface area contributed by atoms with Crippen LogP contribution >= 0.6 is 0 Å². The zero-order valence-corrected chi connectivity index (χ0v) is 17.1. The number of ether oxygens (including phenoxy) is 1. The minimum absolute atomic E-state index is 0.0882. The summed E-state index contributed by atoms with van der Waals surface area (Å²) in [6.07, 6.45) is 0. The molecule has 4 rings (SSSR count). The van der Waals surface area contributed by atoms with Gasteiger partial charge in [0.05, 0.1) is 43.1 Å². The smallest absolute Gasteiger partial charge is 0.315 e. The number of carbonyl (C=O) groups excluding carboxylic acids is 2. The lowest BCUT2D eigenvalue weighted by Gasteiger charge is -2.26. The number of methoxy groups -OCH3 is 1. The Morgan fingerprint density at radius 2 is 1.97 bits per heavy atom. The largest absolute Gasteiger partial charge is 0.497 e. The van der Waals surface area contributed by atoms with E-state index in [4.69, 9.17) is 15.7 Å². The van der Waals surface area contributed by atoms with Crippen LogP contribution in [0.15, 0.2) is 42.5 Å². The van der Waals surface area contributed by atoms with Gasteiger partial charge in [-0.2, -0.15) is 10.4 Å². The van der Waals surface area contributed by atoms with Crippen molar-refractivity contribution >= 4 is 17.6 Å². The molecule has 1 aliphatic heterocycles. The van der Waals surface area contributed by atoms with Gasteiger partial charge in [-0.05, 0) is 36.4 Å². The predicted octanol–water partition coefficient (Wildman–Crippen LogP) is 2.72. The SMILES string of the molecule is COc1cc(F)cc(-c2nn3c(c2C(=O)Nc2ccc(C#N)cc2)CN(C(N)=O)CC3)c1. The summed E-state index contributed by atoms with van der Waals surface area (Å²) >= 11 is 0. The first-order chi connectivity index (χ1) is 15.4. The fourth-order valence-electron chi connectivity index (χ4n) is 3.59. The van der Waals surface area contributed by atoms with Crippen molar-refractivity contribution in [3.8, 4) is 23.1 Å². The number of nitrogens with zero attached hydrogens (tertiary/aromatic N) is 4. The average Bonchev–Trinajstić information content (AvgIpc) is 3.18. The summed E-state index contributed by atoms with van der Waals surface area (Å²) in [5, 5.41) is 16.3. The monoisotopic (exact) mass is 434 g/mol. The van der Waals surface area contributed by atoms with E-state index in [9.17, 15) is 14.0 Å². The number of rotatable bonds is 4. The molecule has 162 valence electrons. The van der Waals surface area contributed by atoms with Crippen LogP contribution < -0.4 is 15.8 Å². The molecule has 0 aliphatic carbocycles. The van der Waals surface area contributed by atoms with E-state index in [0.29, 0.717) is 35.6 Å². The number of hydrogen-bond acceptors (Lipinski definition) is 5. The number of hydrogen-bond donors (Lipinski definition) is 2. The summed E-state index contributed by atoms with van der Waals surface area (Å²) in [5.74, 6) is -0.744. The highest BCUT2D eigenvalue weighted by Gasteiger charge is 2.30. The van der Waals surface area contributed by atoms with E-state index in [-0.39, 0.29) is 23.6 Å². The third-order valence-corrected chi connectivity index (χ3v) is 5.17. The average molecular weight is 434 g/mol. The summed E-state index contributed by atoms with van der Waals surface area (Å²) < 4.78 is 21.0. The highest BCUT2D eigenvalue weighted by atomic mass is 19.1. The third kappa shape index (κ3) is 3.96. The van der Waals surface area contributed by atoms with Crippen LogP contribution in [0.4, 0.5) is 14.9 Å². The van der Waals surface area contributed by atoms with Crippen molar-refractivity contribution in [3.05, 3.63) is 65.1 Å². The number of nitriles is 1. The van der Waals surface area contributed by atoms with Crippen LogP contribution in [0.25, 0.3) is 11.3 Å². The van der Waals surface area contributed by atoms with Crippen molar-refractivity contribution < 1.29 is 18.7 Å². The predicted molar refractivity (Wildman–Crippen MR) is 113 cm³/mol. The van der Waals surface area contributed by atoms with E-state index < -0.39 is 17.8 Å². The number of primary amides is 1. The Morgan fingerprint density at radius 3 is 2.62 bits per heavy atom. The molecule has 32 heavy (non-hydrogen) atoms. The van der Waals surface area contributed by atoms with Gasteiger partial charge >= 0.3 is 6.03 Å². The molecule has 9 nitrogen and oxygen atoms in total. The summed E-state index contributed by atoms with van der Waals surface area (Å²) in [6.45, 7) is 0.763. The van der Waals surface area contributed by atoms with Gasteiger partial charge in [0.1, 0.15) is 17.3 Å². The van der Waals surface area contributed by atoms with Crippen molar-refractivity contribution in [2.24, 2.45) is 5.73 Å². The van der Waals surface area contributed by atoms with Gasteiger partial charge in [-0.15, -0.1) is 0 Å². The fourth-order valence-corrected chi connectivity index (χ4v) is 3.59. The second-order valence-electron chi connectivity index (χ2n) is 7.18. The first-order valence-corrected chi connectivity index (χ1v) is 9.70. The number of benzene rings is 2. The molecule has 3 aromatic rings. The number of nitrogens with one attached hydrogen (secondary N) is 1. The fraction of sp³-hybridized carbons (Fsp3) is 0.182. The molecule has 0 unspecified atom stereocenters. The Morgan fingerprint density at radius 1 is 1.22 bits per heavy atom. The van der Waals surface area contributed by atoms with Gasteiger partial charge in [0, 0.05) is 23.9 Å². The molecule has 3 amide bonds. The molecule has 0 bridgehead atoms. The summed E-state index contributed by atoms with van der Waals surface area (Å²) in [6, 6.07) is 11.9. The second kappa shape index (κ2) is 8.39. The molecule has 0 spiro atoms. The molecule has 1 aliphatic rings. The topological polar surface area (TPSA) is 126 Å². The summed E-state index contributed by atoms with van der Waals surface area (Å²) in [5.41, 5.74) is 7.67. The summed E-state index contributed by atoms with van der Waals surface area (Å²) in [4.78, 5) is 26.5. The minimum atomic E-state index is -0.607. The number of fused-ring (bicyclic) bond motifs is 1. The van der Waals surface area contributed by atoms with E-state index in [0.717, 1.165) is 0 Å².